The maximum Gasteiger partial charge on any atom is 0.573 e. The summed E-state index contributed by atoms with van der Waals surface area (Å²) in [4.78, 5) is 16.1. The van der Waals surface area contributed by atoms with E-state index in [9.17, 15) is 18.0 Å². The molecule has 26 heavy (non-hydrogen) atoms. The smallest absolute Gasteiger partial charge is 0.462 e. The Morgan fingerprint density at radius 2 is 2.12 bits per heavy atom. The number of nitrogens with zero attached hydrogens (tertiary/aromatic N) is 2. The molecule has 1 N–H and O–H groups in total. The molecule has 1 amide bonds. The number of alkyl carbamates (subject to hydrolysis) is 1. The fourth-order valence-electron chi connectivity index (χ4n) is 2.47. The number of nitrogens with one attached hydrogen (secondary N) is 1. The number of rotatable bonds is 4. The lowest BCUT2D eigenvalue weighted by molar-refractivity contribution is -0.274. The van der Waals surface area contributed by atoms with E-state index in [1.807, 2.05) is 13.1 Å². The third-order valence-electron chi connectivity index (χ3n) is 3.54. The molecule has 2 aromatic rings. The van der Waals surface area contributed by atoms with Crippen molar-refractivity contribution in [2.45, 2.75) is 32.5 Å². The number of fused-ring (bicyclic) bond motifs is 1. The second-order valence-corrected chi connectivity index (χ2v) is 5.74. The number of aryl methyl sites for hydroxylation is 1. The summed E-state index contributed by atoms with van der Waals surface area (Å²) in [6.07, 6.45) is -3.57. The lowest BCUT2D eigenvalue weighted by Gasteiger charge is -2.24. The minimum absolute atomic E-state index is 0.0822. The molecule has 0 aliphatic carbocycles. The predicted octanol–water partition coefficient (Wildman–Crippen LogP) is 2.78. The van der Waals surface area contributed by atoms with E-state index in [1.165, 1.54) is 12.1 Å². The van der Waals surface area contributed by atoms with Gasteiger partial charge in [0.15, 0.2) is 0 Å². The summed E-state index contributed by atoms with van der Waals surface area (Å²) in [5.41, 5.74) is 1.35. The maximum absolute atomic E-state index is 12.1. The second-order valence-electron chi connectivity index (χ2n) is 5.74. The van der Waals surface area contributed by atoms with Crippen molar-refractivity contribution < 1.29 is 32.2 Å². The summed E-state index contributed by atoms with van der Waals surface area (Å²) in [6, 6.07) is 5.32. The van der Waals surface area contributed by atoms with Gasteiger partial charge < -0.3 is 19.5 Å². The molecule has 1 atom stereocenters. The molecule has 1 aliphatic rings. The third kappa shape index (κ3) is 4.80. The van der Waals surface area contributed by atoms with E-state index in [0.717, 1.165) is 17.8 Å². The number of aromatic nitrogens is 2. The molecule has 0 saturated carbocycles. The van der Waals surface area contributed by atoms with E-state index in [1.54, 1.807) is 4.57 Å². The van der Waals surface area contributed by atoms with Crippen LogP contribution in [0.5, 0.6) is 11.8 Å². The van der Waals surface area contributed by atoms with Gasteiger partial charge in [0.1, 0.15) is 19.0 Å². The summed E-state index contributed by atoms with van der Waals surface area (Å²) in [6.45, 7) is 2.54. The molecule has 1 aliphatic heterocycles. The number of halogens is 3. The topological polar surface area (TPSA) is 74.6 Å². The van der Waals surface area contributed by atoms with Gasteiger partial charge in [-0.25, -0.2) is 9.78 Å². The van der Waals surface area contributed by atoms with Crippen molar-refractivity contribution in [3.63, 3.8) is 0 Å². The van der Waals surface area contributed by atoms with Crippen molar-refractivity contribution in [2.75, 3.05) is 6.61 Å². The van der Waals surface area contributed by atoms with Crippen LogP contribution in [0.4, 0.5) is 18.0 Å². The highest BCUT2D eigenvalue weighted by molar-refractivity contribution is 5.67. The molecular weight excluding hydrogens is 355 g/mol. The number of amides is 1. The van der Waals surface area contributed by atoms with E-state index in [0.29, 0.717) is 18.1 Å². The highest BCUT2D eigenvalue weighted by atomic mass is 19.4. The molecule has 0 fully saturated rings. The number of alkyl halides is 3. The monoisotopic (exact) mass is 371 g/mol. The van der Waals surface area contributed by atoms with E-state index in [4.69, 9.17) is 9.47 Å². The van der Waals surface area contributed by atoms with Crippen LogP contribution in [0.2, 0.25) is 0 Å². The Morgan fingerprint density at radius 1 is 1.38 bits per heavy atom. The largest absolute Gasteiger partial charge is 0.573 e. The molecular formula is C16H16F3N3O4. The molecule has 3 rings (SSSR count). The molecule has 140 valence electrons. The fourth-order valence-corrected chi connectivity index (χ4v) is 2.47. The summed E-state index contributed by atoms with van der Waals surface area (Å²) >= 11 is 0. The van der Waals surface area contributed by atoms with Gasteiger partial charge in [-0.1, -0.05) is 12.1 Å². The highest BCUT2D eigenvalue weighted by Gasteiger charge is 2.31. The first-order valence-electron chi connectivity index (χ1n) is 7.73. The molecule has 7 nitrogen and oxygen atoms in total. The molecule has 1 aromatic heterocycles. The Labute approximate surface area is 146 Å². The van der Waals surface area contributed by atoms with Crippen LogP contribution < -0.4 is 14.8 Å². The lowest BCUT2D eigenvalue weighted by Crippen LogP contribution is -2.44. The molecule has 0 bridgehead atoms. The molecule has 10 heteroatoms. The van der Waals surface area contributed by atoms with Gasteiger partial charge in [0.25, 0.3) is 6.01 Å². The Bertz CT molecular complexity index is 774. The van der Waals surface area contributed by atoms with Crippen molar-refractivity contribution in [3.05, 3.63) is 41.7 Å². The predicted molar refractivity (Wildman–Crippen MR) is 82.7 cm³/mol. The van der Waals surface area contributed by atoms with Gasteiger partial charge in [0.05, 0.1) is 18.3 Å². The van der Waals surface area contributed by atoms with Crippen LogP contribution >= 0.6 is 0 Å². The van der Waals surface area contributed by atoms with Crippen LogP contribution in [0.25, 0.3) is 0 Å². The van der Waals surface area contributed by atoms with Crippen molar-refractivity contribution >= 4 is 6.09 Å². The maximum atomic E-state index is 12.1. The van der Waals surface area contributed by atoms with Crippen LogP contribution in [-0.4, -0.2) is 34.7 Å². The van der Waals surface area contributed by atoms with Crippen LogP contribution in [0, 0.1) is 6.92 Å². The third-order valence-corrected chi connectivity index (χ3v) is 3.54. The SMILES string of the molecule is Cc1cn2c(n1)OCC(NC(=O)OCc1ccc(OC(F)(F)F)cc1)C2. The molecule has 1 aromatic carbocycles. The van der Waals surface area contributed by atoms with Crippen molar-refractivity contribution in [3.8, 4) is 11.8 Å². The van der Waals surface area contributed by atoms with Crippen LogP contribution in [-0.2, 0) is 17.9 Å². The zero-order valence-electron chi connectivity index (χ0n) is 13.7. The molecule has 0 saturated heterocycles. The summed E-state index contributed by atoms with van der Waals surface area (Å²) in [7, 11) is 0. The van der Waals surface area contributed by atoms with E-state index >= 15 is 0 Å². The molecule has 0 radical (unpaired) electrons. The van der Waals surface area contributed by atoms with Gasteiger partial charge in [-0.05, 0) is 24.6 Å². The van der Waals surface area contributed by atoms with Gasteiger partial charge in [-0.2, -0.15) is 0 Å². The summed E-state index contributed by atoms with van der Waals surface area (Å²) in [5, 5.41) is 2.67. The first-order chi connectivity index (χ1) is 12.3. The number of hydrogen-bond donors (Lipinski definition) is 1. The van der Waals surface area contributed by atoms with E-state index < -0.39 is 12.5 Å². The second kappa shape index (κ2) is 7.14. The van der Waals surface area contributed by atoms with E-state index in [2.05, 4.69) is 15.0 Å². The van der Waals surface area contributed by atoms with Gasteiger partial charge in [0, 0.05) is 6.20 Å². The molecule has 0 spiro atoms. The minimum Gasteiger partial charge on any atom is -0.462 e. The normalized spacial score (nSPS) is 16.4. The Hall–Kier alpha value is -2.91. The van der Waals surface area contributed by atoms with Crippen LogP contribution in [0.15, 0.2) is 30.5 Å². The summed E-state index contributed by atoms with van der Waals surface area (Å²) in [5.74, 6) is -0.337. The Morgan fingerprint density at radius 3 is 2.81 bits per heavy atom. The number of imidazole rings is 1. The Balaban J connectivity index is 1.46. The van der Waals surface area contributed by atoms with Gasteiger partial charge in [-0.3, -0.25) is 4.57 Å². The minimum atomic E-state index is -4.74. The fraction of sp³-hybridized carbons (Fsp3) is 0.375. The highest BCUT2D eigenvalue weighted by Crippen LogP contribution is 2.23. The number of ether oxygens (including phenoxy) is 3. The first-order valence-corrected chi connectivity index (χ1v) is 7.73. The average molecular weight is 371 g/mol. The Kier molecular flexibility index (Phi) is 4.92. The zero-order chi connectivity index (χ0) is 18.7. The summed E-state index contributed by atoms with van der Waals surface area (Å²) < 4.78 is 52.4. The number of carbonyl (C=O) groups excluding carboxylic acids is 1. The van der Waals surface area contributed by atoms with Gasteiger partial charge in [-0.15, -0.1) is 13.2 Å². The lowest BCUT2D eigenvalue weighted by atomic mass is 10.2. The van der Waals surface area contributed by atoms with Crippen LogP contribution in [0.3, 0.4) is 0 Å². The standard InChI is InChI=1S/C16H16F3N3O4/c1-10-6-22-7-12(9-24-14(22)20-10)21-15(23)25-8-11-2-4-13(5-3-11)26-16(17,18)19/h2-6,12H,7-9H2,1H3,(H,21,23). The molecule has 2 heterocycles. The van der Waals surface area contributed by atoms with Crippen molar-refractivity contribution in [2.24, 2.45) is 0 Å². The number of carbonyl (C=O) groups is 1. The van der Waals surface area contributed by atoms with Crippen molar-refractivity contribution in [1.29, 1.82) is 0 Å². The van der Waals surface area contributed by atoms with E-state index in [-0.39, 0.29) is 25.0 Å². The quantitative estimate of drug-likeness (QED) is 0.895. The zero-order valence-corrected chi connectivity index (χ0v) is 13.7. The number of hydrogen-bond acceptors (Lipinski definition) is 5. The first kappa shape index (κ1) is 17.9. The van der Waals surface area contributed by atoms with Gasteiger partial charge in [0.2, 0.25) is 0 Å². The molecule has 1 unspecified atom stereocenters. The number of benzene rings is 1. The van der Waals surface area contributed by atoms with Gasteiger partial charge >= 0.3 is 12.5 Å². The van der Waals surface area contributed by atoms with Crippen LogP contribution in [0.1, 0.15) is 11.3 Å². The van der Waals surface area contributed by atoms with Crippen molar-refractivity contribution in [1.82, 2.24) is 14.9 Å². The average Bonchev–Trinajstić information content (AvgIpc) is 2.92.